The van der Waals surface area contributed by atoms with Crippen molar-refractivity contribution in [2.24, 2.45) is 10.1 Å². The van der Waals surface area contributed by atoms with E-state index in [4.69, 9.17) is 9.88 Å². The zero-order valence-corrected chi connectivity index (χ0v) is 18.7. The van der Waals surface area contributed by atoms with Gasteiger partial charge in [0.1, 0.15) is 0 Å². The lowest BCUT2D eigenvalue weighted by Crippen LogP contribution is -2.46. The lowest BCUT2D eigenvalue weighted by Gasteiger charge is -2.32. The fourth-order valence-electron chi connectivity index (χ4n) is 3.49. The Labute approximate surface area is 178 Å². The van der Waals surface area contributed by atoms with Gasteiger partial charge < -0.3 is 15.0 Å². The number of rotatable bonds is 4. The van der Waals surface area contributed by atoms with Crippen LogP contribution in [-0.4, -0.2) is 76.7 Å². The van der Waals surface area contributed by atoms with E-state index in [0.717, 1.165) is 57.3 Å². The molecule has 1 aromatic carbocycles. The number of benzene rings is 1. The van der Waals surface area contributed by atoms with E-state index in [9.17, 15) is 8.42 Å². The van der Waals surface area contributed by atoms with Crippen LogP contribution in [0, 0.1) is 0 Å². The average molecular weight is 509 g/mol. The van der Waals surface area contributed by atoms with E-state index < -0.39 is 10.0 Å². The molecule has 0 spiro atoms. The maximum atomic E-state index is 11.3. The van der Waals surface area contributed by atoms with Gasteiger partial charge in [-0.2, -0.15) is 0 Å². The maximum Gasteiger partial charge on any atom is 0.238 e. The van der Waals surface area contributed by atoms with E-state index >= 15 is 0 Å². The molecule has 0 aliphatic carbocycles. The molecule has 0 radical (unpaired) electrons. The number of nitrogens with zero attached hydrogens (tertiary/aromatic N) is 3. The number of sulfonamides is 1. The fraction of sp³-hybridized carbons (Fsp3) is 0.588. The van der Waals surface area contributed by atoms with Gasteiger partial charge in [-0.3, -0.25) is 9.89 Å². The summed E-state index contributed by atoms with van der Waals surface area (Å²) < 4.78 is 28.1. The van der Waals surface area contributed by atoms with Gasteiger partial charge in [0.15, 0.2) is 5.96 Å². The second-order valence-corrected chi connectivity index (χ2v) is 8.19. The molecular formula is C17H28IN5O3S. The first-order valence-corrected chi connectivity index (χ1v) is 10.4. The number of halogens is 1. The molecule has 152 valence electrons. The summed E-state index contributed by atoms with van der Waals surface area (Å²) >= 11 is 0. The molecule has 27 heavy (non-hydrogen) atoms. The first kappa shape index (κ1) is 22.3. The summed E-state index contributed by atoms with van der Waals surface area (Å²) in [6.07, 6.45) is 1.13. The maximum absolute atomic E-state index is 11.3. The SMILES string of the molecule is CN=C(NCc1ccc(S(N)(=O)=O)cc1)N1CCC(N2CCOCC2)C1.I. The first-order valence-electron chi connectivity index (χ1n) is 8.86. The van der Waals surface area contributed by atoms with Crippen molar-refractivity contribution < 1.29 is 13.2 Å². The number of ether oxygens (including phenoxy) is 1. The van der Waals surface area contributed by atoms with Crippen LogP contribution in [0.5, 0.6) is 0 Å². The standard InChI is InChI=1S/C17H27N5O3S.HI/c1-19-17(20-12-14-2-4-16(5-3-14)26(18,23)24)22-7-6-15(13-22)21-8-10-25-11-9-21;/h2-5,15H,6-13H2,1H3,(H,19,20)(H2,18,23,24);1H. The Hall–Kier alpha value is -0.950. The number of nitrogens with two attached hydrogens (primary N) is 1. The molecule has 1 unspecified atom stereocenters. The Balaban J connectivity index is 0.00000261. The molecule has 3 N–H and O–H groups in total. The quantitative estimate of drug-likeness (QED) is 0.347. The molecular weight excluding hydrogens is 481 g/mol. The second kappa shape index (κ2) is 10.0. The van der Waals surface area contributed by atoms with Crippen LogP contribution >= 0.6 is 24.0 Å². The van der Waals surface area contributed by atoms with Gasteiger partial charge in [-0.25, -0.2) is 13.6 Å². The number of guanidine groups is 1. The molecule has 0 saturated carbocycles. The van der Waals surface area contributed by atoms with Gasteiger partial charge >= 0.3 is 0 Å². The molecule has 2 heterocycles. The molecule has 0 amide bonds. The molecule has 0 bridgehead atoms. The highest BCUT2D eigenvalue weighted by molar-refractivity contribution is 14.0. The summed E-state index contributed by atoms with van der Waals surface area (Å²) in [6, 6.07) is 7.13. The highest BCUT2D eigenvalue weighted by Crippen LogP contribution is 2.17. The van der Waals surface area contributed by atoms with Crippen molar-refractivity contribution in [1.82, 2.24) is 15.1 Å². The van der Waals surface area contributed by atoms with Crippen molar-refractivity contribution in [2.45, 2.75) is 23.9 Å². The summed E-state index contributed by atoms with van der Waals surface area (Å²) in [7, 11) is -1.87. The van der Waals surface area contributed by atoms with Gasteiger partial charge in [-0.15, -0.1) is 24.0 Å². The molecule has 1 aromatic rings. The van der Waals surface area contributed by atoms with Gasteiger partial charge in [-0.05, 0) is 24.1 Å². The molecule has 10 heteroatoms. The minimum atomic E-state index is -3.65. The molecule has 3 rings (SSSR count). The third kappa shape index (κ3) is 6.01. The summed E-state index contributed by atoms with van der Waals surface area (Å²) in [5.74, 6) is 0.872. The van der Waals surface area contributed by atoms with Crippen molar-refractivity contribution in [3.05, 3.63) is 29.8 Å². The number of hydrogen-bond acceptors (Lipinski definition) is 5. The Morgan fingerprint density at radius 1 is 1.26 bits per heavy atom. The Morgan fingerprint density at radius 3 is 2.52 bits per heavy atom. The smallest absolute Gasteiger partial charge is 0.238 e. The van der Waals surface area contributed by atoms with E-state index in [1.807, 2.05) is 0 Å². The molecule has 2 fully saturated rings. The predicted molar refractivity (Wildman–Crippen MR) is 116 cm³/mol. The Bertz CT molecular complexity index is 735. The van der Waals surface area contributed by atoms with Crippen molar-refractivity contribution in [2.75, 3.05) is 46.4 Å². The molecule has 2 saturated heterocycles. The number of hydrogen-bond donors (Lipinski definition) is 2. The Morgan fingerprint density at radius 2 is 1.93 bits per heavy atom. The van der Waals surface area contributed by atoms with Crippen molar-refractivity contribution in [3.63, 3.8) is 0 Å². The van der Waals surface area contributed by atoms with Gasteiger partial charge in [0, 0.05) is 45.8 Å². The predicted octanol–water partition coefficient (Wildman–Crippen LogP) is 0.434. The van der Waals surface area contributed by atoms with Crippen molar-refractivity contribution in [3.8, 4) is 0 Å². The highest BCUT2D eigenvalue weighted by Gasteiger charge is 2.30. The largest absolute Gasteiger partial charge is 0.379 e. The van der Waals surface area contributed by atoms with Crippen LogP contribution < -0.4 is 10.5 Å². The lowest BCUT2D eigenvalue weighted by atomic mass is 10.2. The number of nitrogens with one attached hydrogen (secondary N) is 1. The summed E-state index contributed by atoms with van der Waals surface area (Å²) in [5.41, 5.74) is 0.975. The monoisotopic (exact) mass is 509 g/mol. The number of morpholine rings is 1. The van der Waals surface area contributed by atoms with Gasteiger partial charge in [0.05, 0.1) is 18.1 Å². The molecule has 2 aliphatic rings. The van der Waals surface area contributed by atoms with Gasteiger partial charge in [0.2, 0.25) is 10.0 Å². The van der Waals surface area contributed by atoms with Crippen molar-refractivity contribution in [1.29, 1.82) is 0 Å². The normalized spacial score (nSPS) is 21.8. The third-order valence-electron chi connectivity index (χ3n) is 4.94. The fourth-order valence-corrected chi connectivity index (χ4v) is 4.00. The number of likely N-dealkylation sites (tertiary alicyclic amines) is 1. The zero-order chi connectivity index (χ0) is 18.6. The second-order valence-electron chi connectivity index (χ2n) is 6.63. The van der Waals surface area contributed by atoms with E-state index in [1.54, 1.807) is 19.2 Å². The molecule has 2 aliphatic heterocycles. The van der Waals surface area contributed by atoms with Crippen LogP contribution in [0.25, 0.3) is 0 Å². The van der Waals surface area contributed by atoms with Crippen LogP contribution in [0.3, 0.4) is 0 Å². The first-order chi connectivity index (χ1) is 12.5. The summed E-state index contributed by atoms with van der Waals surface area (Å²) in [4.78, 5) is 9.30. The van der Waals surface area contributed by atoms with Crippen LogP contribution in [0.2, 0.25) is 0 Å². The van der Waals surface area contributed by atoms with Crippen LogP contribution in [0.15, 0.2) is 34.2 Å². The highest BCUT2D eigenvalue weighted by atomic mass is 127. The van der Waals surface area contributed by atoms with E-state index in [2.05, 4.69) is 20.1 Å². The Kier molecular flexibility index (Phi) is 8.28. The van der Waals surface area contributed by atoms with Gasteiger partial charge in [-0.1, -0.05) is 12.1 Å². The summed E-state index contributed by atoms with van der Waals surface area (Å²) in [6.45, 7) is 6.16. The van der Waals surface area contributed by atoms with Crippen LogP contribution in [-0.2, 0) is 21.3 Å². The topological polar surface area (TPSA) is 100 Å². The van der Waals surface area contributed by atoms with E-state index in [1.165, 1.54) is 12.1 Å². The van der Waals surface area contributed by atoms with Crippen LogP contribution in [0.4, 0.5) is 0 Å². The van der Waals surface area contributed by atoms with E-state index in [-0.39, 0.29) is 28.9 Å². The number of aliphatic imine (C=N–C) groups is 1. The molecule has 8 nitrogen and oxygen atoms in total. The zero-order valence-electron chi connectivity index (χ0n) is 15.5. The minimum absolute atomic E-state index is 0. The lowest BCUT2D eigenvalue weighted by molar-refractivity contribution is 0.0195. The van der Waals surface area contributed by atoms with Gasteiger partial charge in [0.25, 0.3) is 0 Å². The van der Waals surface area contributed by atoms with Crippen LogP contribution in [0.1, 0.15) is 12.0 Å². The molecule has 0 aromatic heterocycles. The average Bonchev–Trinajstić information content (AvgIpc) is 3.13. The third-order valence-corrected chi connectivity index (χ3v) is 5.87. The molecule has 1 atom stereocenters. The summed E-state index contributed by atoms with van der Waals surface area (Å²) in [5, 5.41) is 8.49. The number of primary sulfonamides is 1. The minimum Gasteiger partial charge on any atom is -0.379 e. The van der Waals surface area contributed by atoms with Crippen molar-refractivity contribution >= 4 is 40.0 Å². The van der Waals surface area contributed by atoms with E-state index in [0.29, 0.717) is 12.6 Å².